The molecule has 96 valence electrons. The number of benzene rings is 2. The second-order valence-corrected chi connectivity index (χ2v) is 5.26. The minimum absolute atomic E-state index is 0.200. The van der Waals surface area contributed by atoms with Crippen molar-refractivity contribution in [3.63, 3.8) is 0 Å². The van der Waals surface area contributed by atoms with E-state index in [1.807, 2.05) is 55.5 Å². The molecule has 19 heavy (non-hydrogen) atoms. The summed E-state index contributed by atoms with van der Waals surface area (Å²) in [5.41, 5.74) is 4.95. The Morgan fingerprint density at radius 2 is 1.74 bits per heavy atom. The maximum absolute atomic E-state index is 11.9. The summed E-state index contributed by atoms with van der Waals surface area (Å²) in [6, 6.07) is 17.1. The highest BCUT2D eigenvalue weighted by Crippen LogP contribution is 2.07. The molecule has 0 unspecified atom stereocenters. The molecular formula is C15H13IN2O. The van der Waals surface area contributed by atoms with Crippen molar-refractivity contribution in [2.45, 2.75) is 6.92 Å². The highest BCUT2D eigenvalue weighted by molar-refractivity contribution is 14.1. The SMILES string of the molecule is CC(=NNC(=O)c1cccc(I)c1)c1ccccc1. The molecular weight excluding hydrogens is 351 g/mol. The average molecular weight is 364 g/mol. The Morgan fingerprint density at radius 3 is 2.42 bits per heavy atom. The molecule has 0 saturated carbocycles. The first-order valence-corrected chi connectivity index (χ1v) is 6.90. The minimum Gasteiger partial charge on any atom is -0.267 e. The van der Waals surface area contributed by atoms with E-state index in [0.717, 1.165) is 14.8 Å². The van der Waals surface area contributed by atoms with Crippen LogP contribution in [0.2, 0.25) is 0 Å². The van der Waals surface area contributed by atoms with E-state index in [9.17, 15) is 4.79 Å². The standard InChI is InChI=1S/C15H13IN2O/c1-11(12-6-3-2-4-7-12)17-18-15(19)13-8-5-9-14(16)10-13/h2-10H,1H3,(H,18,19). The number of rotatable bonds is 3. The van der Waals surface area contributed by atoms with Crippen LogP contribution in [0.1, 0.15) is 22.8 Å². The van der Waals surface area contributed by atoms with Crippen molar-refractivity contribution in [3.05, 3.63) is 69.3 Å². The van der Waals surface area contributed by atoms with Crippen LogP contribution in [0.25, 0.3) is 0 Å². The molecule has 0 radical (unpaired) electrons. The number of carbonyl (C=O) groups excluding carboxylic acids is 1. The number of halogens is 1. The van der Waals surface area contributed by atoms with Gasteiger partial charge >= 0.3 is 0 Å². The third kappa shape index (κ3) is 3.89. The normalized spacial score (nSPS) is 11.2. The molecule has 0 atom stereocenters. The lowest BCUT2D eigenvalue weighted by Gasteiger charge is -2.03. The largest absolute Gasteiger partial charge is 0.271 e. The molecule has 0 heterocycles. The third-order valence-electron chi connectivity index (χ3n) is 2.60. The van der Waals surface area contributed by atoms with Gasteiger partial charge in [-0.05, 0) is 53.3 Å². The van der Waals surface area contributed by atoms with Gasteiger partial charge in [0.05, 0.1) is 5.71 Å². The van der Waals surface area contributed by atoms with Gasteiger partial charge in [0.15, 0.2) is 0 Å². The van der Waals surface area contributed by atoms with E-state index in [-0.39, 0.29) is 5.91 Å². The van der Waals surface area contributed by atoms with Crippen molar-refractivity contribution in [2.75, 3.05) is 0 Å². The van der Waals surface area contributed by atoms with Gasteiger partial charge in [-0.1, -0.05) is 36.4 Å². The highest BCUT2D eigenvalue weighted by Gasteiger charge is 2.04. The molecule has 0 bridgehead atoms. The van der Waals surface area contributed by atoms with E-state index in [2.05, 4.69) is 33.1 Å². The van der Waals surface area contributed by atoms with Crippen molar-refractivity contribution in [3.8, 4) is 0 Å². The van der Waals surface area contributed by atoms with Gasteiger partial charge in [0.2, 0.25) is 0 Å². The molecule has 1 N–H and O–H groups in total. The molecule has 0 spiro atoms. The summed E-state index contributed by atoms with van der Waals surface area (Å²) in [5.74, 6) is -0.200. The van der Waals surface area contributed by atoms with Crippen LogP contribution >= 0.6 is 22.6 Å². The quantitative estimate of drug-likeness (QED) is 0.506. The van der Waals surface area contributed by atoms with Gasteiger partial charge in [-0.15, -0.1) is 0 Å². The molecule has 0 fully saturated rings. The van der Waals surface area contributed by atoms with Gasteiger partial charge in [-0.3, -0.25) is 4.79 Å². The molecule has 2 aromatic rings. The average Bonchev–Trinajstić information content (AvgIpc) is 2.45. The Kier molecular flexibility index (Phi) is 4.68. The molecule has 0 aliphatic carbocycles. The smallest absolute Gasteiger partial charge is 0.267 e. The second kappa shape index (κ2) is 6.47. The first kappa shape index (κ1) is 13.7. The molecule has 1 amide bonds. The molecule has 0 aliphatic rings. The second-order valence-electron chi connectivity index (χ2n) is 4.01. The number of nitrogens with zero attached hydrogens (tertiary/aromatic N) is 1. The molecule has 2 rings (SSSR count). The van der Waals surface area contributed by atoms with Gasteiger partial charge in [0, 0.05) is 9.13 Å². The Labute approximate surface area is 125 Å². The van der Waals surface area contributed by atoms with Crippen molar-refractivity contribution in [1.29, 1.82) is 0 Å². The number of hydrogen-bond acceptors (Lipinski definition) is 2. The van der Waals surface area contributed by atoms with Crippen LogP contribution < -0.4 is 5.43 Å². The summed E-state index contributed by atoms with van der Waals surface area (Å²) in [4.78, 5) is 11.9. The summed E-state index contributed by atoms with van der Waals surface area (Å²) >= 11 is 2.17. The molecule has 3 nitrogen and oxygen atoms in total. The van der Waals surface area contributed by atoms with Crippen LogP contribution in [-0.4, -0.2) is 11.6 Å². The molecule has 0 saturated heterocycles. The Hall–Kier alpha value is -1.69. The third-order valence-corrected chi connectivity index (χ3v) is 3.27. The van der Waals surface area contributed by atoms with Crippen LogP contribution in [0.3, 0.4) is 0 Å². The maximum atomic E-state index is 11.9. The van der Waals surface area contributed by atoms with Crippen molar-refractivity contribution < 1.29 is 4.79 Å². The monoisotopic (exact) mass is 364 g/mol. The number of hydrogen-bond donors (Lipinski definition) is 1. The number of carbonyl (C=O) groups is 1. The van der Waals surface area contributed by atoms with Gasteiger partial charge in [0.25, 0.3) is 5.91 Å². The lowest BCUT2D eigenvalue weighted by molar-refractivity contribution is 0.0955. The predicted octanol–water partition coefficient (Wildman–Crippen LogP) is 3.45. The van der Waals surface area contributed by atoms with Crippen molar-refractivity contribution in [1.82, 2.24) is 5.43 Å². The van der Waals surface area contributed by atoms with Gasteiger partial charge in [0.1, 0.15) is 0 Å². The maximum Gasteiger partial charge on any atom is 0.271 e. The number of nitrogens with one attached hydrogen (secondary N) is 1. The van der Waals surface area contributed by atoms with E-state index < -0.39 is 0 Å². The molecule has 0 aromatic heterocycles. The first-order chi connectivity index (χ1) is 9.16. The fraction of sp³-hybridized carbons (Fsp3) is 0.0667. The summed E-state index contributed by atoms with van der Waals surface area (Å²) in [7, 11) is 0. The van der Waals surface area contributed by atoms with Gasteiger partial charge in [-0.2, -0.15) is 5.10 Å². The highest BCUT2D eigenvalue weighted by atomic mass is 127. The van der Waals surface area contributed by atoms with Gasteiger partial charge in [-0.25, -0.2) is 5.43 Å². The van der Waals surface area contributed by atoms with E-state index in [0.29, 0.717) is 5.56 Å². The van der Waals surface area contributed by atoms with Crippen LogP contribution in [0.5, 0.6) is 0 Å². The zero-order valence-corrected chi connectivity index (χ0v) is 12.6. The fourth-order valence-electron chi connectivity index (χ4n) is 1.57. The van der Waals surface area contributed by atoms with Crippen LogP contribution in [0, 0.1) is 3.57 Å². The van der Waals surface area contributed by atoms with Crippen LogP contribution in [0.4, 0.5) is 0 Å². The Bertz CT molecular complexity index is 609. The van der Waals surface area contributed by atoms with E-state index in [1.54, 1.807) is 6.07 Å². The lowest BCUT2D eigenvalue weighted by Crippen LogP contribution is -2.19. The minimum atomic E-state index is -0.200. The van der Waals surface area contributed by atoms with E-state index in [4.69, 9.17) is 0 Å². The fourth-order valence-corrected chi connectivity index (χ4v) is 2.12. The summed E-state index contributed by atoms with van der Waals surface area (Å²) in [5, 5.41) is 4.12. The first-order valence-electron chi connectivity index (χ1n) is 5.82. The molecule has 2 aromatic carbocycles. The Morgan fingerprint density at radius 1 is 1.05 bits per heavy atom. The predicted molar refractivity (Wildman–Crippen MR) is 85.3 cm³/mol. The summed E-state index contributed by atoms with van der Waals surface area (Å²) < 4.78 is 1.02. The number of amides is 1. The summed E-state index contributed by atoms with van der Waals surface area (Å²) in [6.07, 6.45) is 0. The van der Waals surface area contributed by atoms with Crippen molar-refractivity contribution in [2.24, 2.45) is 5.10 Å². The Balaban J connectivity index is 2.08. The topological polar surface area (TPSA) is 41.5 Å². The zero-order chi connectivity index (χ0) is 13.7. The van der Waals surface area contributed by atoms with Crippen LogP contribution in [0.15, 0.2) is 59.7 Å². The van der Waals surface area contributed by atoms with Crippen LogP contribution in [-0.2, 0) is 0 Å². The summed E-state index contributed by atoms with van der Waals surface area (Å²) in [6.45, 7) is 1.87. The molecule has 4 heteroatoms. The number of hydrazone groups is 1. The lowest BCUT2D eigenvalue weighted by atomic mass is 10.1. The van der Waals surface area contributed by atoms with Crippen molar-refractivity contribution >= 4 is 34.2 Å². The van der Waals surface area contributed by atoms with Gasteiger partial charge < -0.3 is 0 Å². The zero-order valence-electron chi connectivity index (χ0n) is 10.4. The van der Waals surface area contributed by atoms with E-state index in [1.165, 1.54) is 0 Å². The molecule has 0 aliphatic heterocycles. The van der Waals surface area contributed by atoms with E-state index >= 15 is 0 Å².